The molecule has 0 spiro atoms. The molecule has 114 valence electrons. The Morgan fingerprint density at radius 3 is 2.30 bits per heavy atom. The van der Waals surface area contributed by atoms with E-state index in [1.165, 1.54) is 6.42 Å². The average molecular weight is 281 g/mol. The van der Waals surface area contributed by atoms with Gasteiger partial charge in [-0.05, 0) is 12.5 Å². The number of benzene rings is 1. The Balaban J connectivity index is 1.97. The van der Waals surface area contributed by atoms with E-state index in [2.05, 4.69) is 6.92 Å². The van der Waals surface area contributed by atoms with E-state index in [9.17, 15) is 0 Å². The van der Waals surface area contributed by atoms with Crippen molar-refractivity contribution < 1.29 is 14.2 Å². The monoisotopic (exact) mass is 281 g/mol. The molecule has 0 amide bonds. The molecule has 4 heteroatoms. The number of unbranched alkanes of at least 4 members (excludes halogenated alkanes) is 1. The molecule has 0 aliphatic carbocycles. The number of hydrogen-bond donors (Lipinski definition) is 1. The van der Waals surface area contributed by atoms with Gasteiger partial charge in [0.05, 0.1) is 19.8 Å². The third-order valence-electron chi connectivity index (χ3n) is 2.90. The molecule has 0 fully saturated rings. The molecule has 0 heterocycles. The van der Waals surface area contributed by atoms with Gasteiger partial charge in [0.25, 0.3) is 0 Å². The lowest BCUT2D eigenvalue weighted by molar-refractivity contribution is 0.0426. The minimum absolute atomic E-state index is 0.502. The fraction of sp³-hybridized carbons (Fsp3) is 0.625. The van der Waals surface area contributed by atoms with Crippen molar-refractivity contribution >= 4 is 0 Å². The first-order chi connectivity index (χ1) is 9.88. The summed E-state index contributed by atoms with van der Waals surface area (Å²) in [6.45, 7) is 6.17. The summed E-state index contributed by atoms with van der Waals surface area (Å²) in [5.74, 6) is 0.873. The lowest BCUT2D eigenvalue weighted by Gasteiger charge is -2.10. The summed E-state index contributed by atoms with van der Waals surface area (Å²) >= 11 is 0. The van der Waals surface area contributed by atoms with Crippen molar-refractivity contribution in [1.29, 1.82) is 0 Å². The molecular formula is C16H27NO3. The molecule has 0 unspecified atom stereocenters. The van der Waals surface area contributed by atoms with E-state index >= 15 is 0 Å². The van der Waals surface area contributed by atoms with Crippen molar-refractivity contribution in [2.24, 2.45) is 5.73 Å². The maximum Gasteiger partial charge on any atom is 0.123 e. The van der Waals surface area contributed by atoms with Gasteiger partial charge >= 0.3 is 0 Å². The number of ether oxygens (including phenoxy) is 3. The molecule has 0 aliphatic heterocycles. The smallest absolute Gasteiger partial charge is 0.123 e. The molecule has 20 heavy (non-hydrogen) atoms. The first-order valence-corrected chi connectivity index (χ1v) is 7.44. The van der Waals surface area contributed by atoms with Crippen molar-refractivity contribution in [2.75, 3.05) is 33.0 Å². The van der Waals surface area contributed by atoms with Gasteiger partial charge in [0.1, 0.15) is 5.75 Å². The molecular weight excluding hydrogens is 254 g/mol. The molecule has 1 rings (SSSR count). The lowest BCUT2D eigenvalue weighted by Crippen LogP contribution is -2.09. The van der Waals surface area contributed by atoms with Crippen LogP contribution in [-0.4, -0.2) is 33.0 Å². The zero-order valence-corrected chi connectivity index (χ0v) is 12.5. The van der Waals surface area contributed by atoms with Crippen molar-refractivity contribution in [3.8, 4) is 5.75 Å². The maximum absolute atomic E-state index is 5.70. The minimum atomic E-state index is 0.502. The highest BCUT2D eigenvalue weighted by Crippen LogP contribution is 2.16. The number of hydrogen-bond acceptors (Lipinski definition) is 4. The lowest BCUT2D eigenvalue weighted by atomic mass is 10.2. The van der Waals surface area contributed by atoms with Crippen LogP contribution >= 0.6 is 0 Å². The van der Waals surface area contributed by atoms with Crippen LogP contribution in [0.3, 0.4) is 0 Å². The van der Waals surface area contributed by atoms with Gasteiger partial charge in [-0.3, -0.25) is 0 Å². The van der Waals surface area contributed by atoms with Gasteiger partial charge in [0.15, 0.2) is 0 Å². The Labute approximate surface area is 122 Å². The first-order valence-electron chi connectivity index (χ1n) is 7.44. The van der Waals surface area contributed by atoms with E-state index in [0.29, 0.717) is 33.0 Å². The molecule has 0 saturated carbocycles. The van der Waals surface area contributed by atoms with Crippen LogP contribution in [0.1, 0.15) is 31.7 Å². The molecule has 1 aromatic rings. The summed E-state index contributed by atoms with van der Waals surface area (Å²) in [6, 6.07) is 7.86. The number of para-hydroxylation sites is 1. The SMILES string of the molecule is CCCCOCCOCCCOc1ccccc1CN. The Morgan fingerprint density at radius 2 is 1.60 bits per heavy atom. The average Bonchev–Trinajstić information content (AvgIpc) is 2.49. The molecule has 0 aliphatic rings. The Morgan fingerprint density at radius 1 is 0.900 bits per heavy atom. The summed E-state index contributed by atoms with van der Waals surface area (Å²) < 4.78 is 16.6. The van der Waals surface area contributed by atoms with Gasteiger partial charge < -0.3 is 19.9 Å². The summed E-state index contributed by atoms with van der Waals surface area (Å²) in [7, 11) is 0. The minimum Gasteiger partial charge on any atom is -0.493 e. The maximum atomic E-state index is 5.70. The quantitative estimate of drug-likeness (QED) is 0.599. The first kappa shape index (κ1) is 17.0. The van der Waals surface area contributed by atoms with Crippen LogP contribution < -0.4 is 10.5 Å². The third-order valence-corrected chi connectivity index (χ3v) is 2.90. The molecule has 2 N–H and O–H groups in total. The van der Waals surface area contributed by atoms with Gasteiger partial charge in [0.2, 0.25) is 0 Å². The van der Waals surface area contributed by atoms with Crippen LogP contribution in [0.25, 0.3) is 0 Å². The van der Waals surface area contributed by atoms with Crippen molar-refractivity contribution in [3.63, 3.8) is 0 Å². The second kappa shape index (κ2) is 11.7. The van der Waals surface area contributed by atoms with E-state index in [1.54, 1.807) is 0 Å². The summed E-state index contributed by atoms with van der Waals surface area (Å²) in [4.78, 5) is 0. The molecule has 0 atom stereocenters. The van der Waals surface area contributed by atoms with Crippen molar-refractivity contribution in [3.05, 3.63) is 29.8 Å². The Bertz CT molecular complexity index is 344. The molecule has 0 aromatic heterocycles. The van der Waals surface area contributed by atoms with Gasteiger partial charge in [-0.25, -0.2) is 0 Å². The van der Waals surface area contributed by atoms with E-state index < -0.39 is 0 Å². The Kier molecular flexibility index (Phi) is 9.92. The second-order valence-corrected chi connectivity index (χ2v) is 4.59. The van der Waals surface area contributed by atoms with Crippen molar-refractivity contribution in [1.82, 2.24) is 0 Å². The zero-order chi connectivity index (χ0) is 14.5. The van der Waals surface area contributed by atoms with E-state index in [-0.39, 0.29) is 0 Å². The van der Waals surface area contributed by atoms with Crippen LogP contribution in [-0.2, 0) is 16.0 Å². The van der Waals surface area contributed by atoms with Crippen molar-refractivity contribution in [2.45, 2.75) is 32.7 Å². The molecule has 4 nitrogen and oxygen atoms in total. The van der Waals surface area contributed by atoms with Gasteiger partial charge in [-0.15, -0.1) is 0 Å². The highest BCUT2D eigenvalue weighted by atomic mass is 16.5. The van der Waals surface area contributed by atoms with Crippen LogP contribution in [0.15, 0.2) is 24.3 Å². The molecule has 0 saturated heterocycles. The van der Waals surface area contributed by atoms with Crippen LogP contribution in [0.2, 0.25) is 0 Å². The standard InChI is InChI=1S/C16H27NO3/c1-2-3-9-18-12-13-19-10-6-11-20-16-8-5-4-7-15(16)14-17/h4-5,7-8H,2-3,6,9-14,17H2,1H3. The predicted molar refractivity (Wildman–Crippen MR) is 81.0 cm³/mol. The zero-order valence-electron chi connectivity index (χ0n) is 12.5. The predicted octanol–water partition coefficient (Wildman–Crippen LogP) is 2.75. The van der Waals surface area contributed by atoms with Gasteiger partial charge in [-0.1, -0.05) is 31.5 Å². The summed E-state index contributed by atoms with van der Waals surface area (Å²) in [5, 5.41) is 0. The number of rotatable bonds is 12. The second-order valence-electron chi connectivity index (χ2n) is 4.59. The molecule has 1 aromatic carbocycles. The Hall–Kier alpha value is -1.10. The van der Waals surface area contributed by atoms with E-state index in [0.717, 1.165) is 30.8 Å². The largest absolute Gasteiger partial charge is 0.493 e. The summed E-state index contributed by atoms with van der Waals surface area (Å²) in [6.07, 6.45) is 3.16. The molecule has 0 bridgehead atoms. The molecule has 0 radical (unpaired) electrons. The van der Waals surface area contributed by atoms with Crippen LogP contribution in [0.5, 0.6) is 5.75 Å². The van der Waals surface area contributed by atoms with Crippen LogP contribution in [0, 0.1) is 0 Å². The van der Waals surface area contributed by atoms with Gasteiger partial charge in [-0.2, -0.15) is 0 Å². The fourth-order valence-corrected chi connectivity index (χ4v) is 1.72. The highest BCUT2D eigenvalue weighted by molar-refractivity contribution is 5.32. The normalized spacial score (nSPS) is 10.7. The highest BCUT2D eigenvalue weighted by Gasteiger charge is 2.00. The van der Waals surface area contributed by atoms with E-state index in [1.807, 2.05) is 24.3 Å². The topological polar surface area (TPSA) is 53.7 Å². The van der Waals surface area contributed by atoms with E-state index in [4.69, 9.17) is 19.9 Å². The van der Waals surface area contributed by atoms with Gasteiger partial charge in [0, 0.05) is 31.7 Å². The van der Waals surface area contributed by atoms with Crippen LogP contribution in [0.4, 0.5) is 0 Å². The number of nitrogens with two attached hydrogens (primary N) is 1. The fourth-order valence-electron chi connectivity index (χ4n) is 1.72. The third kappa shape index (κ3) is 7.48. The summed E-state index contributed by atoms with van der Waals surface area (Å²) in [5.41, 5.74) is 6.69.